The second-order valence-electron chi connectivity index (χ2n) is 5.12. The summed E-state index contributed by atoms with van der Waals surface area (Å²) >= 11 is 0. The molecule has 2 atom stereocenters. The van der Waals surface area contributed by atoms with Gasteiger partial charge in [0.1, 0.15) is 0 Å². The van der Waals surface area contributed by atoms with Gasteiger partial charge in [-0.1, -0.05) is 19.1 Å². The van der Waals surface area contributed by atoms with Gasteiger partial charge in [0.15, 0.2) is 0 Å². The summed E-state index contributed by atoms with van der Waals surface area (Å²) in [5, 5.41) is 22.6. The van der Waals surface area contributed by atoms with Crippen molar-refractivity contribution in [2.24, 2.45) is 5.92 Å². The molecule has 1 amide bonds. The molecule has 0 aliphatic rings. The number of amides is 1. The van der Waals surface area contributed by atoms with E-state index in [1.165, 1.54) is 24.3 Å². The van der Waals surface area contributed by atoms with Crippen LogP contribution < -0.4 is 5.32 Å². The molecule has 1 aromatic carbocycles. The van der Waals surface area contributed by atoms with Crippen LogP contribution in [-0.2, 0) is 4.79 Å². The first-order chi connectivity index (χ1) is 9.88. The topological polar surface area (TPSA) is 92.5 Å². The molecule has 0 saturated carbocycles. The van der Waals surface area contributed by atoms with Crippen LogP contribution in [0.5, 0.6) is 0 Å². The molecule has 0 saturated heterocycles. The van der Waals surface area contributed by atoms with E-state index in [9.17, 15) is 20.0 Å². The van der Waals surface area contributed by atoms with Gasteiger partial charge < -0.3 is 10.4 Å². The van der Waals surface area contributed by atoms with Gasteiger partial charge in [-0.25, -0.2) is 0 Å². The van der Waals surface area contributed by atoms with Gasteiger partial charge in [0.05, 0.1) is 11.0 Å². The van der Waals surface area contributed by atoms with Gasteiger partial charge in [0, 0.05) is 24.8 Å². The number of nitro groups is 1. The number of rotatable bonds is 7. The largest absolute Gasteiger partial charge is 0.393 e. The van der Waals surface area contributed by atoms with Gasteiger partial charge in [-0.05, 0) is 30.9 Å². The van der Waals surface area contributed by atoms with Gasteiger partial charge in [-0.2, -0.15) is 0 Å². The van der Waals surface area contributed by atoms with Crippen molar-refractivity contribution in [2.75, 3.05) is 6.54 Å². The molecular weight excluding hydrogens is 272 g/mol. The first kappa shape index (κ1) is 16.8. The van der Waals surface area contributed by atoms with E-state index in [1.54, 1.807) is 19.1 Å². The Labute approximate surface area is 123 Å². The van der Waals surface area contributed by atoms with Crippen molar-refractivity contribution in [1.82, 2.24) is 5.32 Å². The highest BCUT2D eigenvalue weighted by molar-refractivity contribution is 5.91. The minimum absolute atomic E-state index is 0.0110. The summed E-state index contributed by atoms with van der Waals surface area (Å²) < 4.78 is 0. The number of hydrogen-bond donors (Lipinski definition) is 2. The van der Waals surface area contributed by atoms with Gasteiger partial charge in [0.25, 0.3) is 5.69 Å². The van der Waals surface area contributed by atoms with Crippen LogP contribution in [0.2, 0.25) is 0 Å². The Kier molecular flexibility index (Phi) is 6.55. The number of nitrogens with zero attached hydrogens (tertiary/aromatic N) is 1. The summed E-state index contributed by atoms with van der Waals surface area (Å²) in [4.78, 5) is 21.8. The van der Waals surface area contributed by atoms with Crippen LogP contribution in [0, 0.1) is 16.0 Å². The lowest BCUT2D eigenvalue weighted by Crippen LogP contribution is -2.27. The number of aliphatic hydroxyl groups excluding tert-OH is 1. The summed E-state index contributed by atoms with van der Waals surface area (Å²) in [6, 6.07) is 6.06. The molecule has 0 aromatic heterocycles. The van der Waals surface area contributed by atoms with Crippen LogP contribution in [0.25, 0.3) is 6.08 Å². The van der Waals surface area contributed by atoms with Crippen molar-refractivity contribution >= 4 is 17.7 Å². The predicted molar refractivity (Wildman–Crippen MR) is 80.6 cm³/mol. The lowest BCUT2D eigenvalue weighted by Gasteiger charge is -2.13. The maximum Gasteiger partial charge on any atom is 0.270 e. The van der Waals surface area contributed by atoms with E-state index in [2.05, 4.69) is 5.32 Å². The zero-order valence-electron chi connectivity index (χ0n) is 12.2. The molecule has 1 aromatic rings. The summed E-state index contributed by atoms with van der Waals surface area (Å²) in [5.74, 6) is -0.0842. The molecular formula is C15H20N2O4. The highest BCUT2D eigenvalue weighted by Crippen LogP contribution is 2.14. The smallest absolute Gasteiger partial charge is 0.270 e. The van der Waals surface area contributed by atoms with Crippen molar-refractivity contribution in [1.29, 1.82) is 0 Å². The van der Waals surface area contributed by atoms with Crippen molar-refractivity contribution in [2.45, 2.75) is 26.4 Å². The number of hydrogen-bond acceptors (Lipinski definition) is 4. The fourth-order valence-corrected chi connectivity index (χ4v) is 1.91. The monoisotopic (exact) mass is 292 g/mol. The average molecular weight is 292 g/mol. The predicted octanol–water partition coefficient (Wildman–Crippen LogP) is 2.13. The number of benzene rings is 1. The Morgan fingerprint density at radius 2 is 2.19 bits per heavy atom. The Balaban J connectivity index is 2.50. The van der Waals surface area contributed by atoms with E-state index in [4.69, 9.17) is 0 Å². The summed E-state index contributed by atoms with van der Waals surface area (Å²) in [6.07, 6.45) is 3.10. The number of aliphatic hydroxyl groups is 1. The molecule has 0 bridgehead atoms. The quantitative estimate of drug-likeness (QED) is 0.457. The standard InChI is InChI=1S/C15H20N2O4/c1-11(8-12(2)18)10-16-15(19)7-6-13-4-3-5-14(9-13)17(20)21/h3-7,9,11-12,18H,8,10H2,1-2H3,(H,16,19). The van der Waals surface area contributed by atoms with E-state index in [0.717, 1.165) is 0 Å². The molecule has 2 N–H and O–H groups in total. The van der Waals surface area contributed by atoms with Crippen LogP contribution in [-0.4, -0.2) is 28.6 Å². The molecule has 1 rings (SSSR count). The first-order valence-corrected chi connectivity index (χ1v) is 6.77. The first-order valence-electron chi connectivity index (χ1n) is 6.77. The Morgan fingerprint density at radius 3 is 2.81 bits per heavy atom. The number of carbonyl (C=O) groups excluding carboxylic acids is 1. The number of nitrogens with one attached hydrogen (secondary N) is 1. The zero-order chi connectivity index (χ0) is 15.8. The molecule has 0 spiro atoms. The fourth-order valence-electron chi connectivity index (χ4n) is 1.91. The molecule has 0 aliphatic heterocycles. The second-order valence-corrected chi connectivity index (χ2v) is 5.12. The lowest BCUT2D eigenvalue weighted by atomic mass is 10.0. The Morgan fingerprint density at radius 1 is 1.48 bits per heavy atom. The molecule has 0 fully saturated rings. The SMILES string of the molecule is CC(O)CC(C)CNC(=O)C=Cc1cccc([N+](=O)[O-])c1. The summed E-state index contributed by atoms with van der Waals surface area (Å²) in [5.41, 5.74) is 0.583. The number of nitro benzene ring substituents is 1. The van der Waals surface area contributed by atoms with Crippen LogP contribution in [0.4, 0.5) is 5.69 Å². The van der Waals surface area contributed by atoms with Crippen molar-refractivity contribution in [3.05, 3.63) is 46.0 Å². The minimum Gasteiger partial charge on any atom is -0.393 e. The third-order valence-corrected chi connectivity index (χ3v) is 2.88. The van der Waals surface area contributed by atoms with Gasteiger partial charge in [-0.15, -0.1) is 0 Å². The van der Waals surface area contributed by atoms with Crippen LogP contribution in [0.1, 0.15) is 25.8 Å². The summed E-state index contributed by atoms with van der Waals surface area (Å²) in [7, 11) is 0. The molecule has 2 unspecified atom stereocenters. The minimum atomic E-state index is -0.477. The van der Waals surface area contributed by atoms with Crippen LogP contribution >= 0.6 is 0 Å². The fraction of sp³-hybridized carbons (Fsp3) is 0.400. The van der Waals surface area contributed by atoms with Crippen molar-refractivity contribution < 1.29 is 14.8 Å². The van der Waals surface area contributed by atoms with Crippen molar-refractivity contribution in [3.8, 4) is 0 Å². The van der Waals surface area contributed by atoms with E-state index < -0.39 is 11.0 Å². The maximum atomic E-state index is 11.6. The highest BCUT2D eigenvalue weighted by Gasteiger charge is 2.07. The summed E-state index contributed by atoms with van der Waals surface area (Å²) in [6.45, 7) is 4.13. The van der Waals surface area contributed by atoms with E-state index >= 15 is 0 Å². The Bertz CT molecular complexity index is 526. The lowest BCUT2D eigenvalue weighted by molar-refractivity contribution is -0.384. The molecule has 6 nitrogen and oxygen atoms in total. The third-order valence-electron chi connectivity index (χ3n) is 2.88. The van der Waals surface area contributed by atoms with E-state index in [-0.39, 0.29) is 17.5 Å². The molecule has 0 heterocycles. The molecule has 0 aliphatic carbocycles. The van der Waals surface area contributed by atoms with Crippen molar-refractivity contribution in [3.63, 3.8) is 0 Å². The Hall–Kier alpha value is -2.21. The zero-order valence-corrected chi connectivity index (χ0v) is 12.2. The second kappa shape index (κ2) is 8.16. The molecule has 114 valence electrons. The van der Waals surface area contributed by atoms with Gasteiger partial charge in [0.2, 0.25) is 5.91 Å². The highest BCUT2D eigenvalue weighted by atomic mass is 16.6. The van der Waals surface area contributed by atoms with Gasteiger partial charge in [-0.3, -0.25) is 14.9 Å². The third kappa shape index (κ3) is 6.67. The number of non-ortho nitro benzene ring substituents is 1. The maximum absolute atomic E-state index is 11.6. The van der Waals surface area contributed by atoms with Crippen LogP contribution in [0.3, 0.4) is 0 Å². The molecule has 6 heteroatoms. The molecule has 21 heavy (non-hydrogen) atoms. The van der Waals surface area contributed by atoms with E-state index in [0.29, 0.717) is 18.5 Å². The average Bonchev–Trinajstić information content (AvgIpc) is 2.42. The normalized spacial score (nSPS) is 13.9. The molecule has 0 radical (unpaired) electrons. The number of carbonyl (C=O) groups is 1. The van der Waals surface area contributed by atoms with Crippen LogP contribution in [0.15, 0.2) is 30.3 Å². The van der Waals surface area contributed by atoms with E-state index in [1.807, 2.05) is 6.92 Å². The van der Waals surface area contributed by atoms with Gasteiger partial charge >= 0.3 is 0 Å².